The molecule has 1 aliphatic heterocycles. The first kappa shape index (κ1) is 15.5. The number of hydrogen-bond acceptors (Lipinski definition) is 3. The van der Waals surface area contributed by atoms with Gasteiger partial charge in [-0.25, -0.2) is 0 Å². The van der Waals surface area contributed by atoms with E-state index in [1.807, 2.05) is 30.0 Å². The molecular formula is C18H21N3O2. The Balaban J connectivity index is 1.61. The first-order valence-electron chi connectivity index (χ1n) is 7.89. The number of carbonyl (C=O) groups excluding carboxylic acids is 2. The molecule has 1 heterocycles. The smallest absolute Gasteiger partial charge is 0.234 e. The summed E-state index contributed by atoms with van der Waals surface area (Å²) in [6.07, 6.45) is 0. The molecule has 23 heavy (non-hydrogen) atoms. The summed E-state index contributed by atoms with van der Waals surface area (Å²) in [5, 5.41) is 8.12. The van der Waals surface area contributed by atoms with Crippen LogP contribution in [0, 0.1) is 0 Å². The van der Waals surface area contributed by atoms with Crippen LogP contribution < -0.4 is 10.6 Å². The van der Waals surface area contributed by atoms with Crippen molar-refractivity contribution in [2.75, 3.05) is 26.2 Å². The summed E-state index contributed by atoms with van der Waals surface area (Å²) in [7, 11) is 0. The van der Waals surface area contributed by atoms with Crippen LogP contribution in [-0.4, -0.2) is 42.9 Å². The molecule has 1 unspecified atom stereocenters. The predicted molar refractivity (Wildman–Crippen MR) is 90.0 cm³/mol. The second-order valence-electron chi connectivity index (χ2n) is 5.96. The molecule has 2 amide bonds. The summed E-state index contributed by atoms with van der Waals surface area (Å²) >= 11 is 0. The molecule has 2 N–H and O–H groups in total. The fraction of sp³-hybridized carbons (Fsp3) is 0.333. The molecule has 0 radical (unpaired) electrons. The number of rotatable bonds is 4. The van der Waals surface area contributed by atoms with Crippen molar-refractivity contribution in [3.8, 4) is 0 Å². The average Bonchev–Trinajstić information content (AvgIpc) is 2.54. The van der Waals surface area contributed by atoms with Gasteiger partial charge in [0.25, 0.3) is 0 Å². The van der Waals surface area contributed by atoms with E-state index >= 15 is 0 Å². The highest BCUT2D eigenvalue weighted by molar-refractivity contribution is 5.84. The van der Waals surface area contributed by atoms with Gasteiger partial charge >= 0.3 is 0 Å². The Morgan fingerprint density at radius 3 is 2.83 bits per heavy atom. The molecule has 2 aromatic rings. The summed E-state index contributed by atoms with van der Waals surface area (Å²) in [4.78, 5) is 25.4. The molecule has 3 rings (SSSR count). The number of piperazine rings is 1. The van der Waals surface area contributed by atoms with Crippen molar-refractivity contribution in [1.82, 2.24) is 15.5 Å². The molecule has 0 aromatic heterocycles. The summed E-state index contributed by atoms with van der Waals surface area (Å²) in [5.74, 6) is -0.0769. The summed E-state index contributed by atoms with van der Waals surface area (Å²) in [6, 6.07) is 14.3. The van der Waals surface area contributed by atoms with E-state index < -0.39 is 0 Å². The van der Waals surface area contributed by atoms with E-state index in [0.717, 1.165) is 5.56 Å². The molecule has 5 nitrogen and oxygen atoms in total. The molecular weight excluding hydrogens is 290 g/mol. The van der Waals surface area contributed by atoms with Crippen LogP contribution in [0.4, 0.5) is 0 Å². The molecule has 120 valence electrons. The van der Waals surface area contributed by atoms with Crippen molar-refractivity contribution in [3.05, 3.63) is 48.0 Å². The highest BCUT2D eigenvalue weighted by Gasteiger charge is 2.19. The van der Waals surface area contributed by atoms with E-state index in [-0.39, 0.29) is 30.9 Å². The minimum Gasteiger partial charge on any atom is -0.354 e. The monoisotopic (exact) mass is 311 g/mol. The average molecular weight is 311 g/mol. The SMILES string of the molecule is CC(NC(=O)CN1CCNC(=O)C1)c1ccc2ccccc2c1. The maximum Gasteiger partial charge on any atom is 0.234 e. The zero-order valence-corrected chi connectivity index (χ0v) is 13.2. The highest BCUT2D eigenvalue weighted by Crippen LogP contribution is 2.20. The number of nitrogens with zero attached hydrogens (tertiary/aromatic N) is 1. The number of benzene rings is 2. The topological polar surface area (TPSA) is 61.4 Å². The van der Waals surface area contributed by atoms with Crippen LogP contribution >= 0.6 is 0 Å². The van der Waals surface area contributed by atoms with E-state index in [0.29, 0.717) is 13.1 Å². The lowest BCUT2D eigenvalue weighted by Crippen LogP contribution is -2.50. The Kier molecular flexibility index (Phi) is 4.57. The Bertz CT molecular complexity index is 729. The summed E-state index contributed by atoms with van der Waals surface area (Å²) < 4.78 is 0. The van der Waals surface area contributed by atoms with Gasteiger partial charge in [0.05, 0.1) is 19.1 Å². The van der Waals surface area contributed by atoms with Crippen molar-refractivity contribution in [1.29, 1.82) is 0 Å². The third kappa shape index (κ3) is 3.87. The molecule has 1 saturated heterocycles. The Labute approximate surface area is 135 Å². The summed E-state index contributed by atoms with van der Waals surface area (Å²) in [6.45, 7) is 3.84. The molecule has 5 heteroatoms. The Morgan fingerprint density at radius 1 is 1.26 bits per heavy atom. The van der Waals surface area contributed by atoms with Gasteiger partial charge < -0.3 is 10.6 Å². The first-order chi connectivity index (χ1) is 11.1. The highest BCUT2D eigenvalue weighted by atomic mass is 16.2. The van der Waals surface area contributed by atoms with Crippen molar-refractivity contribution in [2.24, 2.45) is 0 Å². The number of hydrogen-bond donors (Lipinski definition) is 2. The lowest BCUT2D eigenvalue weighted by Gasteiger charge is -2.26. The number of amides is 2. The van der Waals surface area contributed by atoms with Crippen LogP contribution in [0.1, 0.15) is 18.5 Å². The van der Waals surface area contributed by atoms with Crippen molar-refractivity contribution in [3.63, 3.8) is 0 Å². The van der Waals surface area contributed by atoms with Gasteiger partial charge in [0, 0.05) is 13.1 Å². The Hall–Kier alpha value is -2.40. The fourth-order valence-electron chi connectivity index (χ4n) is 2.88. The standard InChI is InChI=1S/C18H21N3O2/c1-13(15-7-6-14-4-2-3-5-16(14)10-15)20-18(23)12-21-9-8-19-17(22)11-21/h2-7,10,13H,8-9,11-12H2,1H3,(H,19,22)(H,20,23). The van der Waals surface area contributed by atoms with Crippen molar-refractivity contribution in [2.45, 2.75) is 13.0 Å². The van der Waals surface area contributed by atoms with E-state index in [4.69, 9.17) is 0 Å². The molecule has 1 atom stereocenters. The third-order valence-corrected chi connectivity index (χ3v) is 4.14. The maximum atomic E-state index is 12.2. The van der Waals surface area contributed by atoms with E-state index in [9.17, 15) is 9.59 Å². The number of nitrogens with one attached hydrogen (secondary N) is 2. The van der Waals surface area contributed by atoms with E-state index in [2.05, 4.69) is 34.9 Å². The van der Waals surface area contributed by atoms with Gasteiger partial charge in [-0.05, 0) is 29.3 Å². The largest absolute Gasteiger partial charge is 0.354 e. The predicted octanol–water partition coefficient (Wildman–Crippen LogP) is 1.45. The van der Waals surface area contributed by atoms with Crippen LogP contribution in [0.15, 0.2) is 42.5 Å². The minimum atomic E-state index is -0.0641. The zero-order valence-electron chi connectivity index (χ0n) is 13.2. The van der Waals surface area contributed by atoms with Gasteiger partial charge in [-0.1, -0.05) is 36.4 Å². The van der Waals surface area contributed by atoms with Crippen LogP contribution in [0.5, 0.6) is 0 Å². The molecule has 1 fully saturated rings. The number of carbonyl (C=O) groups is 2. The number of fused-ring (bicyclic) bond motifs is 1. The quantitative estimate of drug-likeness (QED) is 0.898. The molecule has 0 bridgehead atoms. The van der Waals surface area contributed by atoms with Gasteiger partial charge in [0.2, 0.25) is 11.8 Å². The second-order valence-corrected chi connectivity index (χ2v) is 5.96. The van der Waals surface area contributed by atoms with E-state index in [1.165, 1.54) is 10.8 Å². The first-order valence-corrected chi connectivity index (χ1v) is 7.89. The van der Waals surface area contributed by atoms with Gasteiger partial charge in [0.1, 0.15) is 0 Å². The van der Waals surface area contributed by atoms with Crippen LogP contribution in [0.3, 0.4) is 0 Å². The maximum absolute atomic E-state index is 12.2. The normalized spacial score (nSPS) is 16.8. The van der Waals surface area contributed by atoms with Crippen LogP contribution in [-0.2, 0) is 9.59 Å². The molecule has 0 saturated carbocycles. The van der Waals surface area contributed by atoms with Gasteiger partial charge in [-0.3, -0.25) is 14.5 Å². The summed E-state index contributed by atoms with van der Waals surface area (Å²) in [5.41, 5.74) is 1.08. The van der Waals surface area contributed by atoms with E-state index in [1.54, 1.807) is 0 Å². The van der Waals surface area contributed by atoms with Gasteiger partial charge in [-0.2, -0.15) is 0 Å². The second kappa shape index (κ2) is 6.79. The molecule has 2 aromatic carbocycles. The van der Waals surface area contributed by atoms with Crippen LogP contribution in [0.25, 0.3) is 10.8 Å². The third-order valence-electron chi connectivity index (χ3n) is 4.14. The fourth-order valence-corrected chi connectivity index (χ4v) is 2.88. The lowest BCUT2D eigenvalue weighted by molar-refractivity contribution is -0.127. The van der Waals surface area contributed by atoms with Crippen molar-refractivity contribution >= 4 is 22.6 Å². The van der Waals surface area contributed by atoms with Gasteiger partial charge in [-0.15, -0.1) is 0 Å². The lowest BCUT2D eigenvalue weighted by atomic mass is 10.0. The van der Waals surface area contributed by atoms with Gasteiger partial charge in [0.15, 0.2) is 0 Å². The zero-order chi connectivity index (χ0) is 16.2. The molecule has 0 spiro atoms. The van der Waals surface area contributed by atoms with Crippen LogP contribution in [0.2, 0.25) is 0 Å². The molecule has 0 aliphatic carbocycles. The Morgan fingerprint density at radius 2 is 2.04 bits per heavy atom. The molecule has 1 aliphatic rings. The van der Waals surface area contributed by atoms with Crippen molar-refractivity contribution < 1.29 is 9.59 Å². The minimum absolute atomic E-state index is 0.0216.